The Bertz CT molecular complexity index is 362. The van der Waals surface area contributed by atoms with Gasteiger partial charge in [-0.15, -0.1) is 0 Å². The van der Waals surface area contributed by atoms with Gasteiger partial charge in [0.1, 0.15) is 0 Å². The summed E-state index contributed by atoms with van der Waals surface area (Å²) >= 11 is 0. The average Bonchev–Trinajstić information content (AvgIpc) is 2.74. The number of hydrogen-bond acceptors (Lipinski definition) is 2. The second-order valence-electron chi connectivity index (χ2n) is 5.63. The molecule has 3 rings (SSSR count). The zero-order valence-electron chi connectivity index (χ0n) is 10.7. The molecule has 2 heteroatoms. The van der Waals surface area contributed by atoms with Crippen LogP contribution in [0.15, 0.2) is 30.3 Å². The van der Waals surface area contributed by atoms with Gasteiger partial charge in [-0.25, -0.2) is 0 Å². The summed E-state index contributed by atoms with van der Waals surface area (Å²) in [4.78, 5) is 5.20. The third-order valence-corrected chi connectivity index (χ3v) is 4.38. The summed E-state index contributed by atoms with van der Waals surface area (Å²) in [6, 6.07) is 11.7. The van der Waals surface area contributed by atoms with Crippen LogP contribution in [-0.4, -0.2) is 42.5 Å². The van der Waals surface area contributed by atoms with Crippen molar-refractivity contribution < 1.29 is 0 Å². The van der Waals surface area contributed by atoms with Gasteiger partial charge >= 0.3 is 0 Å². The summed E-state index contributed by atoms with van der Waals surface area (Å²) < 4.78 is 0. The maximum Gasteiger partial charge on any atom is 0.0260 e. The zero-order chi connectivity index (χ0) is 11.7. The van der Waals surface area contributed by atoms with E-state index >= 15 is 0 Å². The molecular formula is C15H22N2. The molecule has 1 aromatic carbocycles. The summed E-state index contributed by atoms with van der Waals surface area (Å²) in [7, 11) is 2.29. The molecule has 0 aliphatic carbocycles. The van der Waals surface area contributed by atoms with Crippen LogP contribution < -0.4 is 0 Å². The van der Waals surface area contributed by atoms with Crippen molar-refractivity contribution in [3.05, 3.63) is 35.9 Å². The van der Waals surface area contributed by atoms with E-state index in [1.54, 1.807) is 0 Å². The summed E-state index contributed by atoms with van der Waals surface area (Å²) in [6.07, 6.45) is 2.82. The molecule has 92 valence electrons. The monoisotopic (exact) mass is 230 g/mol. The smallest absolute Gasteiger partial charge is 0.0260 e. The number of benzene rings is 1. The minimum Gasteiger partial charge on any atom is -0.302 e. The van der Waals surface area contributed by atoms with Gasteiger partial charge in [0.25, 0.3) is 0 Å². The van der Waals surface area contributed by atoms with Gasteiger partial charge in [-0.05, 0) is 37.9 Å². The Morgan fingerprint density at radius 1 is 1.18 bits per heavy atom. The van der Waals surface area contributed by atoms with Crippen LogP contribution in [0.1, 0.15) is 18.4 Å². The second-order valence-corrected chi connectivity index (χ2v) is 5.63. The normalized spacial score (nSPS) is 30.4. The van der Waals surface area contributed by atoms with E-state index in [-0.39, 0.29) is 0 Å². The fourth-order valence-electron chi connectivity index (χ4n) is 3.46. The van der Waals surface area contributed by atoms with Gasteiger partial charge in [-0.3, -0.25) is 4.90 Å². The maximum atomic E-state index is 2.63. The summed E-state index contributed by atoms with van der Waals surface area (Å²) in [6.45, 7) is 4.97. The SMILES string of the molecule is CN1CCC[C@@H]2CN(Cc3ccccc3)C[C@@H]21. The van der Waals surface area contributed by atoms with Crippen molar-refractivity contribution in [2.45, 2.75) is 25.4 Å². The molecule has 0 N–H and O–H groups in total. The molecule has 1 aromatic rings. The molecule has 0 amide bonds. The molecule has 0 unspecified atom stereocenters. The highest BCUT2D eigenvalue weighted by molar-refractivity contribution is 5.15. The minimum atomic E-state index is 0.812. The second kappa shape index (κ2) is 4.79. The van der Waals surface area contributed by atoms with E-state index in [1.165, 1.54) is 38.0 Å². The van der Waals surface area contributed by atoms with Crippen molar-refractivity contribution >= 4 is 0 Å². The Morgan fingerprint density at radius 2 is 2.00 bits per heavy atom. The average molecular weight is 230 g/mol. The van der Waals surface area contributed by atoms with Crippen molar-refractivity contribution in [1.29, 1.82) is 0 Å². The van der Waals surface area contributed by atoms with Crippen LogP contribution in [-0.2, 0) is 6.54 Å². The highest BCUT2D eigenvalue weighted by atomic mass is 15.3. The molecule has 0 spiro atoms. The number of rotatable bonds is 2. The van der Waals surface area contributed by atoms with Crippen molar-refractivity contribution in [3.63, 3.8) is 0 Å². The molecule has 2 aliphatic heterocycles. The number of likely N-dealkylation sites (tertiary alicyclic amines) is 2. The molecule has 2 fully saturated rings. The lowest BCUT2D eigenvalue weighted by molar-refractivity contribution is 0.156. The molecular weight excluding hydrogens is 208 g/mol. The number of fused-ring (bicyclic) bond motifs is 1. The van der Waals surface area contributed by atoms with Crippen LogP contribution in [0.4, 0.5) is 0 Å². The van der Waals surface area contributed by atoms with Gasteiger partial charge in [0, 0.05) is 25.7 Å². The first-order valence-corrected chi connectivity index (χ1v) is 6.79. The molecule has 2 aliphatic rings. The molecule has 17 heavy (non-hydrogen) atoms. The van der Waals surface area contributed by atoms with Crippen LogP contribution in [0.2, 0.25) is 0 Å². The molecule has 0 saturated carbocycles. The first kappa shape index (κ1) is 11.2. The van der Waals surface area contributed by atoms with Crippen molar-refractivity contribution in [2.24, 2.45) is 5.92 Å². The van der Waals surface area contributed by atoms with Gasteiger partial charge in [0.05, 0.1) is 0 Å². The van der Waals surface area contributed by atoms with Gasteiger partial charge < -0.3 is 4.90 Å². The molecule has 2 heterocycles. The van der Waals surface area contributed by atoms with Crippen LogP contribution in [0, 0.1) is 5.92 Å². The Balaban J connectivity index is 1.64. The lowest BCUT2D eigenvalue weighted by atomic mass is 9.93. The zero-order valence-corrected chi connectivity index (χ0v) is 10.7. The predicted octanol–water partition coefficient (Wildman–Crippen LogP) is 2.21. The Labute approximate surface area is 104 Å². The van der Waals surface area contributed by atoms with Gasteiger partial charge in [0.15, 0.2) is 0 Å². The molecule has 0 radical (unpaired) electrons. The summed E-state index contributed by atoms with van der Waals surface area (Å²) in [5.74, 6) is 0.914. The molecule has 0 bridgehead atoms. The van der Waals surface area contributed by atoms with E-state index in [9.17, 15) is 0 Å². The first-order valence-electron chi connectivity index (χ1n) is 6.79. The Hall–Kier alpha value is -0.860. The summed E-state index contributed by atoms with van der Waals surface area (Å²) in [5, 5.41) is 0. The van der Waals surface area contributed by atoms with Crippen molar-refractivity contribution in [2.75, 3.05) is 26.7 Å². The highest BCUT2D eigenvalue weighted by Gasteiger charge is 2.36. The van der Waals surface area contributed by atoms with Crippen LogP contribution in [0.3, 0.4) is 0 Å². The topological polar surface area (TPSA) is 6.48 Å². The predicted molar refractivity (Wildman–Crippen MR) is 70.9 cm³/mol. The number of piperidine rings is 1. The Morgan fingerprint density at radius 3 is 2.76 bits per heavy atom. The van der Waals surface area contributed by atoms with Gasteiger partial charge in [0.2, 0.25) is 0 Å². The minimum absolute atomic E-state index is 0.812. The van der Waals surface area contributed by atoms with Gasteiger partial charge in [-0.2, -0.15) is 0 Å². The lowest BCUT2D eigenvalue weighted by Gasteiger charge is -2.33. The quantitative estimate of drug-likeness (QED) is 0.768. The third-order valence-electron chi connectivity index (χ3n) is 4.38. The standard InChI is InChI=1S/C15H22N2/c1-16-9-5-8-14-11-17(12-15(14)16)10-13-6-3-2-4-7-13/h2-4,6-7,14-15H,5,8-12H2,1H3/t14-,15+/m1/s1. The van der Waals surface area contributed by atoms with Gasteiger partial charge in [-0.1, -0.05) is 30.3 Å². The number of likely N-dealkylation sites (N-methyl/N-ethyl adjacent to an activating group) is 1. The fourth-order valence-corrected chi connectivity index (χ4v) is 3.46. The molecule has 2 atom stereocenters. The van der Waals surface area contributed by atoms with Crippen LogP contribution >= 0.6 is 0 Å². The van der Waals surface area contributed by atoms with Crippen molar-refractivity contribution in [3.8, 4) is 0 Å². The van der Waals surface area contributed by atoms with E-state index in [1.807, 2.05) is 0 Å². The largest absolute Gasteiger partial charge is 0.302 e. The highest BCUT2D eigenvalue weighted by Crippen LogP contribution is 2.30. The van der Waals surface area contributed by atoms with E-state index in [0.717, 1.165) is 18.5 Å². The fraction of sp³-hybridized carbons (Fsp3) is 0.600. The lowest BCUT2D eigenvalue weighted by Crippen LogP contribution is -2.42. The van der Waals surface area contributed by atoms with Crippen molar-refractivity contribution in [1.82, 2.24) is 9.80 Å². The Kier molecular flexibility index (Phi) is 3.17. The van der Waals surface area contributed by atoms with E-state index in [4.69, 9.17) is 0 Å². The summed E-state index contributed by atoms with van der Waals surface area (Å²) in [5.41, 5.74) is 1.45. The van der Waals surface area contributed by atoms with E-state index in [2.05, 4.69) is 47.2 Å². The first-order chi connectivity index (χ1) is 8.33. The molecule has 2 saturated heterocycles. The number of hydrogen-bond donors (Lipinski definition) is 0. The molecule has 0 aromatic heterocycles. The maximum absolute atomic E-state index is 2.63. The molecule has 2 nitrogen and oxygen atoms in total. The van der Waals surface area contributed by atoms with E-state index < -0.39 is 0 Å². The van der Waals surface area contributed by atoms with Crippen LogP contribution in [0.25, 0.3) is 0 Å². The van der Waals surface area contributed by atoms with E-state index in [0.29, 0.717) is 0 Å². The third kappa shape index (κ3) is 2.38. The van der Waals surface area contributed by atoms with Crippen LogP contribution in [0.5, 0.6) is 0 Å². The number of nitrogens with zero attached hydrogens (tertiary/aromatic N) is 2.